The van der Waals surface area contributed by atoms with Gasteiger partial charge in [-0.3, -0.25) is 9.89 Å². The van der Waals surface area contributed by atoms with E-state index < -0.39 is 0 Å². The maximum atomic E-state index is 15.2. The van der Waals surface area contributed by atoms with Crippen LogP contribution in [0.4, 0.5) is 15.8 Å². The fourth-order valence-corrected chi connectivity index (χ4v) is 4.07. The van der Waals surface area contributed by atoms with Crippen molar-refractivity contribution in [3.8, 4) is 22.4 Å². The molecule has 0 aliphatic heterocycles. The first-order valence-corrected chi connectivity index (χ1v) is 10.5. The maximum Gasteiger partial charge on any atom is 0.221 e. The molecular formula is C26H23FN4O. The highest BCUT2D eigenvalue weighted by molar-refractivity contribution is 6.00. The van der Waals surface area contributed by atoms with E-state index in [-0.39, 0.29) is 11.7 Å². The molecule has 0 atom stereocenters. The Hall–Kier alpha value is -3.98. The summed E-state index contributed by atoms with van der Waals surface area (Å²) >= 11 is 0. The maximum absolute atomic E-state index is 15.2. The van der Waals surface area contributed by atoms with Gasteiger partial charge in [-0.1, -0.05) is 37.6 Å². The number of nitrogens with zero attached hydrogens (tertiary/aromatic N) is 2. The van der Waals surface area contributed by atoms with Gasteiger partial charge in [-0.25, -0.2) is 9.24 Å². The molecule has 0 spiro atoms. The number of aryl methyl sites for hydroxylation is 2. The number of halogens is 1. The third-order valence-electron chi connectivity index (χ3n) is 5.43. The van der Waals surface area contributed by atoms with Crippen LogP contribution in [0, 0.1) is 19.3 Å². The van der Waals surface area contributed by atoms with E-state index in [0.717, 1.165) is 34.9 Å². The molecule has 0 saturated carbocycles. The molecular weight excluding hydrogens is 403 g/mol. The first kappa shape index (κ1) is 21.3. The Kier molecular flexibility index (Phi) is 5.74. The number of carbonyl (C=O) groups excluding carboxylic acids is 1. The Morgan fingerprint density at radius 3 is 2.56 bits per heavy atom. The molecule has 160 valence electrons. The predicted octanol–water partition coefficient (Wildman–Crippen LogP) is 6.81. The highest BCUT2D eigenvalue weighted by Gasteiger charge is 2.18. The number of aromatic amines is 1. The van der Waals surface area contributed by atoms with Crippen LogP contribution in [0.2, 0.25) is 0 Å². The van der Waals surface area contributed by atoms with Crippen molar-refractivity contribution in [2.75, 3.05) is 5.32 Å². The molecule has 1 aromatic heterocycles. The summed E-state index contributed by atoms with van der Waals surface area (Å²) in [5, 5.41) is 11.0. The molecule has 0 bridgehead atoms. The highest BCUT2D eigenvalue weighted by atomic mass is 19.1. The first-order chi connectivity index (χ1) is 15.4. The van der Waals surface area contributed by atoms with Crippen molar-refractivity contribution >= 4 is 28.2 Å². The van der Waals surface area contributed by atoms with Crippen LogP contribution >= 0.6 is 0 Å². The van der Waals surface area contributed by atoms with Crippen molar-refractivity contribution < 1.29 is 9.18 Å². The zero-order valence-corrected chi connectivity index (χ0v) is 18.2. The number of fused-ring (bicyclic) bond motifs is 1. The molecule has 32 heavy (non-hydrogen) atoms. The van der Waals surface area contributed by atoms with Gasteiger partial charge in [-0.15, -0.1) is 0 Å². The summed E-state index contributed by atoms with van der Waals surface area (Å²) < 4.78 is 15.2. The van der Waals surface area contributed by atoms with Crippen LogP contribution in [0.3, 0.4) is 0 Å². The second-order valence-electron chi connectivity index (χ2n) is 7.88. The SMILES string of the molecule is [C-]#[N+]c1cc2[nH]nc(-c3ccc(NC(C)=O)cc3)c2cc1-c1c(C)cc(CCC)cc1F. The lowest BCUT2D eigenvalue weighted by Crippen LogP contribution is -2.05. The number of H-pyrrole nitrogens is 1. The van der Waals surface area contributed by atoms with Crippen LogP contribution in [0.1, 0.15) is 31.4 Å². The minimum absolute atomic E-state index is 0.137. The number of hydrogen-bond donors (Lipinski definition) is 2. The summed E-state index contributed by atoms with van der Waals surface area (Å²) in [5.74, 6) is -0.455. The highest BCUT2D eigenvalue weighted by Crippen LogP contribution is 2.40. The summed E-state index contributed by atoms with van der Waals surface area (Å²) in [5.41, 5.74) is 6.11. The normalized spacial score (nSPS) is 10.8. The van der Waals surface area contributed by atoms with Gasteiger partial charge in [0.05, 0.1) is 17.8 Å². The topological polar surface area (TPSA) is 62.1 Å². The van der Waals surface area contributed by atoms with E-state index in [9.17, 15) is 4.79 Å². The molecule has 0 aliphatic rings. The van der Waals surface area contributed by atoms with Crippen LogP contribution in [-0.4, -0.2) is 16.1 Å². The molecule has 3 aromatic carbocycles. The van der Waals surface area contributed by atoms with Crippen LogP contribution in [0.15, 0.2) is 48.5 Å². The summed E-state index contributed by atoms with van der Waals surface area (Å²) in [6, 6.07) is 14.5. The molecule has 2 N–H and O–H groups in total. The summed E-state index contributed by atoms with van der Waals surface area (Å²) in [4.78, 5) is 14.9. The predicted molar refractivity (Wildman–Crippen MR) is 126 cm³/mol. The Morgan fingerprint density at radius 1 is 1.19 bits per heavy atom. The Balaban J connectivity index is 1.85. The minimum Gasteiger partial charge on any atom is -0.326 e. The number of hydrogen-bond acceptors (Lipinski definition) is 2. The fraction of sp³-hybridized carbons (Fsp3) is 0.192. The van der Waals surface area contributed by atoms with Crippen LogP contribution < -0.4 is 5.32 Å². The molecule has 1 amide bonds. The van der Waals surface area contributed by atoms with Crippen molar-refractivity contribution in [2.45, 2.75) is 33.6 Å². The fourth-order valence-electron chi connectivity index (χ4n) is 4.07. The number of rotatable bonds is 5. The molecule has 0 unspecified atom stereocenters. The van der Waals surface area contributed by atoms with E-state index in [1.807, 2.05) is 43.3 Å². The standard InChI is InChI=1S/C26H23FN4O/c1-5-6-17-11-15(2)25(22(27)12-17)20-13-21-24(14-23(20)28-4)30-31-26(21)18-7-9-19(10-8-18)29-16(3)32/h7-14H,5-6H2,1-3H3,(H,29,32)(H,30,31). The molecule has 0 radical (unpaired) electrons. The average Bonchev–Trinajstić information content (AvgIpc) is 3.16. The monoisotopic (exact) mass is 426 g/mol. The lowest BCUT2D eigenvalue weighted by atomic mass is 9.93. The number of aromatic nitrogens is 2. The van der Waals surface area contributed by atoms with Crippen LogP contribution in [-0.2, 0) is 11.2 Å². The molecule has 4 rings (SSSR count). The molecule has 4 aromatic rings. The lowest BCUT2D eigenvalue weighted by Gasteiger charge is -2.13. The Labute approximate surface area is 186 Å². The van der Waals surface area contributed by atoms with Gasteiger partial charge >= 0.3 is 0 Å². The molecule has 6 heteroatoms. The van der Waals surface area contributed by atoms with E-state index in [4.69, 9.17) is 6.57 Å². The summed E-state index contributed by atoms with van der Waals surface area (Å²) in [6.07, 6.45) is 1.75. The number of anilines is 1. The lowest BCUT2D eigenvalue weighted by molar-refractivity contribution is -0.114. The van der Waals surface area contributed by atoms with E-state index >= 15 is 4.39 Å². The molecule has 0 fully saturated rings. The molecule has 5 nitrogen and oxygen atoms in total. The van der Waals surface area contributed by atoms with E-state index in [2.05, 4.69) is 27.3 Å². The van der Waals surface area contributed by atoms with Crippen molar-refractivity contribution in [3.05, 3.63) is 76.9 Å². The van der Waals surface area contributed by atoms with Gasteiger partial charge in [0, 0.05) is 29.1 Å². The number of carbonyl (C=O) groups is 1. The van der Waals surface area contributed by atoms with Gasteiger partial charge in [0.1, 0.15) is 5.82 Å². The van der Waals surface area contributed by atoms with Crippen molar-refractivity contribution in [1.82, 2.24) is 10.2 Å². The quantitative estimate of drug-likeness (QED) is 0.345. The van der Waals surface area contributed by atoms with E-state index in [0.29, 0.717) is 33.7 Å². The number of amides is 1. The van der Waals surface area contributed by atoms with Crippen LogP contribution in [0.25, 0.3) is 38.1 Å². The third kappa shape index (κ3) is 3.97. The molecule has 1 heterocycles. The third-order valence-corrected chi connectivity index (χ3v) is 5.43. The Morgan fingerprint density at radius 2 is 1.94 bits per heavy atom. The van der Waals surface area contributed by atoms with Crippen molar-refractivity contribution in [2.24, 2.45) is 0 Å². The van der Waals surface area contributed by atoms with E-state index in [1.165, 1.54) is 6.92 Å². The van der Waals surface area contributed by atoms with Gasteiger partial charge in [0.25, 0.3) is 0 Å². The smallest absolute Gasteiger partial charge is 0.221 e. The minimum atomic E-state index is -0.317. The Bertz CT molecular complexity index is 1340. The second kappa shape index (κ2) is 8.64. The van der Waals surface area contributed by atoms with Crippen LogP contribution in [0.5, 0.6) is 0 Å². The summed E-state index contributed by atoms with van der Waals surface area (Å²) in [6.45, 7) is 13.0. The van der Waals surface area contributed by atoms with Gasteiger partial charge in [-0.05, 0) is 54.3 Å². The van der Waals surface area contributed by atoms with Gasteiger partial charge < -0.3 is 5.32 Å². The molecule has 0 aliphatic carbocycles. The van der Waals surface area contributed by atoms with Crippen molar-refractivity contribution in [1.29, 1.82) is 0 Å². The second-order valence-corrected chi connectivity index (χ2v) is 7.88. The van der Waals surface area contributed by atoms with Gasteiger partial charge in [0.2, 0.25) is 5.91 Å². The number of nitrogens with one attached hydrogen (secondary N) is 2. The average molecular weight is 426 g/mol. The summed E-state index contributed by atoms with van der Waals surface area (Å²) in [7, 11) is 0. The largest absolute Gasteiger partial charge is 0.326 e. The van der Waals surface area contributed by atoms with Gasteiger partial charge in [-0.2, -0.15) is 5.10 Å². The van der Waals surface area contributed by atoms with E-state index in [1.54, 1.807) is 12.1 Å². The van der Waals surface area contributed by atoms with Crippen molar-refractivity contribution in [3.63, 3.8) is 0 Å². The zero-order valence-electron chi connectivity index (χ0n) is 18.2. The first-order valence-electron chi connectivity index (χ1n) is 10.5. The molecule has 0 saturated heterocycles. The van der Waals surface area contributed by atoms with Gasteiger partial charge in [0.15, 0.2) is 5.69 Å². The number of benzene rings is 3. The zero-order chi connectivity index (χ0) is 22.8.